The number of nitrogens with one attached hydrogen (secondary N) is 2. The Kier molecular flexibility index (Phi) is 6.41. The van der Waals surface area contributed by atoms with E-state index in [1.54, 1.807) is 32.2 Å². The van der Waals surface area contributed by atoms with Crippen molar-refractivity contribution in [3.05, 3.63) is 48.0 Å². The zero-order valence-corrected chi connectivity index (χ0v) is 18.5. The Bertz CT molecular complexity index is 1390. The van der Waals surface area contributed by atoms with Crippen LogP contribution in [0.15, 0.2) is 57.6 Å². The van der Waals surface area contributed by atoms with Gasteiger partial charge in [-0.3, -0.25) is 4.79 Å². The molecule has 0 aliphatic rings. The van der Waals surface area contributed by atoms with Crippen LogP contribution in [0.1, 0.15) is 18.9 Å². The van der Waals surface area contributed by atoms with Gasteiger partial charge in [0.25, 0.3) is 0 Å². The van der Waals surface area contributed by atoms with E-state index in [1.165, 1.54) is 24.3 Å². The number of carbonyl (C=O) groups excluding carboxylic acids is 1. The predicted molar refractivity (Wildman–Crippen MR) is 123 cm³/mol. The molecule has 0 spiro atoms. The highest BCUT2D eigenvalue weighted by molar-refractivity contribution is 7.90. The van der Waals surface area contributed by atoms with E-state index in [0.29, 0.717) is 22.1 Å². The fraction of sp³-hybridized carbons (Fsp3) is 0.182. The van der Waals surface area contributed by atoms with Crippen LogP contribution < -0.4 is 10.6 Å². The van der Waals surface area contributed by atoms with Gasteiger partial charge < -0.3 is 15.7 Å². The van der Waals surface area contributed by atoms with Gasteiger partial charge in [0.2, 0.25) is 5.91 Å². The summed E-state index contributed by atoms with van der Waals surface area (Å²) in [6.45, 7) is 1.69. The molecule has 0 aliphatic carbocycles. The average Bonchev–Trinajstić information content (AvgIpc) is 2.78. The molecule has 0 heterocycles. The molecule has 0 unspecified atom stereocenters. The first-order chi connectivity index (χ1) is 15.2. The number of hydrogen-bond acceptors (Lipinski definition) is 8. The fourth-order valence-electron chi connectivity index (χ4n) is 3.10. The lowest BCUT2D eigenvalue weighted by Crippen LogP contribution is -2.09. The molecular weight excluding hydrogens is 430 g/mol. The highest BCUT2D eigenvalue weighted by Gasteiger charge is 2.16. The summed E-state index contributed by atoms with van der Waals surface area (Å²) in [6, 6.07) is 12.7. The van der Waals surface area contributed by atoms with Gasteiger partial charge >= 0.3 is 0 Å². The number of nitriles is 1. The predicted octanol–water partition coefficient (Wildman–Crippen LogP) is 4.63. The van der Waals surface area contributed by atoms with Crippen molar-refractivity contribution in [2.75, 3.05) is 23.9 Å². The molecule has 3 aromatic rings. The van der Waals surface area contributed by atoms with Gasteiger partial charge in [-0.2, -0.15) is 5.26 Å². The van der Waals surface area contributed by atoms with Gasteiger partial charge in [-0.1, -0.05) is 19.1 Å². The number of fused-ring (bicyclic) bond motifs is 1. The number of rotatable bonds is 6. The van der Waals surface area contributed by atoms with E-state index in [-0.39, 0.29) is 39.9 Å². The first-order valence-corrected chi connectivity index (χ1v) is 11.5. The minimum atomic E-state index is -3.48. The zero-order valence-electron chi connectivity index (χ0n) is 17.7. The van der Waals surface area contributed by atoms with E-state index >= 15 is 0 Å². The Balaban J connectivity index is 2.20. The number of azo groups is 1. The molecule has 164 valence electrons. The highest BCUT2D eigenvalue weighted by atomic mass is 32.2. The summed E-state index contributed by atoms with van der Waals surface area (Å²) in [4.78, 5) is 11.9. The standard InChI is InChI=1S/C22H21N5O4S/c1-4-20(28)25-19-11-18(21-15(22(19)29)6-5-7-17(21)24-2)27-26-16-9-8-14(32(3,30)31)10-13(16)12-23/h5-11,24,29H,4H2,1-3H3,(H,25,28). The lowest BCUT2D eigenvalue weighted by atomic mass is 10.0. The normalized spacial score (nSPS) is 11.4. The Morgan fingerprint density at radius 1 is 1.12 bits per heavy atom. The van der Waals surface area contributed by atoms with Gasteiger partial charge in [0, 0.05) is 36.2 Å². The molecule has 0 saturated heterocycles. The van der Waals surface area contributed by atoms with Crippen LogP contribution in [-0.2, 0) is 14.6 Å². The van der Waals surface area contributed by atoms with Crippen molar-refractivity contribution in [1.29, 1.82) is 5.26 Å². The van der Waals surface area contributed by atoms with Crippen LogP contribution in [0.4, 0.5) is 22.7 Å². The van der Waals surface area contributed by atoms with Crippen molar-refractivity contribution in [3.63, 3.8) is 0 Å². The second-order valence-corrected chi connectivity index (χ2v) is 8.95. The van der Waals surface area contributed by atoms with Crippen LogP contribution in [0.3, 0.4) is 0 Å². The number of amides is 1. The smallest absolute Gasteiger partial charge is 0.224 e. The number of phenolic OH excluding ortho intramolecular Hbond substituents is 1. The average molecular weight is 452 g/mol. The van der Waals surface area contributed by atoms with Gasteiger partial charge in [0.05, 0.1) is 21.8 Å². The quantitative estimate of drug-likeness (QED) is 0.368. The van der Waals surface area contributed by atoms with Crippen molar-refractivity contribution in [1.82, 2.24) is 0 Å². The summed E-state index contributed by atoms with van der Waals surface area (Å²) in [5.41, 5.74) is 1.42. The van der Waals surface area contributed by atoms with Gasteiger partial charge in [-0.25, -0.2) is 8.42 Å². The largest absolute Gasteiger partial charge is 0.505 e. The lowest BCUT2D eigenvalue weighted by Gasteiger charge is -2.14. The number of sulfone groups is 1. The molecule has 3 N–H and O–H groups in total. The molecule has 3 aromatic carbocycles. The molecule has 0 bridgehead atoms. The number of hydrogen-bond donors (Lipinski definition) is 3. The number of benzene rings is 3. The summed E-state index contributed by atoms with van der Waals surface area (Å²) in [6.07, 6.45) is 1.28. The van der Waals surface area contributed by atoms with Crippen LogP contribution in [0, 0.1) is 11.3 Å². The maximum absolute atomic E-state index is 11.9. The lowest BCUT2D eigenvalue weighted by molar-refractivity contribution is -0.115. The van der Waals surface area contributed by atoms with E-state index in [2.05, 4.69) is 20.9 Å². The molecule has 0 aliphatic heterocycles. The third-order valence-corrected chi connectivity index (χ3v) is 5.87. The Labute approximate surface area is 185 Å². The molecule has 0 fully saturated rings. The molecule has 32 heavy (non-hydrogen) atoms. The molecular formula is C22H21N5O4S. The maximum Gasteiger partial charge on any atom is 0.224 e. The van der Waals surface area contributed by atoms with E-state index in [1.807, 2.05) is 6.07 Å². The van der Waals surface area contributed by atoms with E-state index < -0.39 is 9.84 Å². The zero-order chi connectivity index (χ0) is 23.5. The summed E-state index contributed by atoms with van der Waals surface area (Å²) in [7, 11) is -1.76. The van der Waals surface area contributed by atoms with Crippen molar-refractivity contribution < 1.29 is 18.3 Å². The second-order valence-electron chi connectivity index (χ2n) is 6.93. The van der Waals surface area contributed by atoms with E-state index in [4.69, 9.17) is 0 Å². The van der Waals surface area contributed by atoms with Gasteiger partial charge in [0.1, 0.15) is 17.5 Å². The van der Waals surface area contributed by atoms with Crippen LogP contribution in [-0.4, -0.2) is 32.7 Å². The third kappa shape index (κ3) is 4.53. The molecule has 0 atom stereocenters. The van der Waals surface area contributed by atoms with Crippen molar-refractivity contribution in [3.8, 4) is 11.8 Å². The number of phenols is 1. The van der Waals surface area contributed by atoms with E-state index in [0.717, 1.165) is 6.26 Å². The van der Waals surface area contributed by atoms with Gasteiger partial charge in [0.15, 0.2) is 9.84 Å². The van der Waals surface area contributed by atoms with Crippen molar-refractivity contribution in [2.45, 2.75) is 18.2 Å². The number of nitrogens with zero attached hydrogens (tertiary/aromatic N) is 3. The van der Waals surface area contributed by atoms with Gasteiger partial charge in [-0.15, -0.1) is 10.2 Å². The minimum absolute atomic E-state index is 0.00474. The number of aromatic hydroxyl groups is 1. The Morgan fingerprint density at radius 3 is 2.47 bits per heavy atom. The Morgan fingerprint density at radius 2 is 1.84 bits per heavy atom. The third-order valence-electron chi connectivity index (χ3n) is 4.76. The van der Waals surface area contributed by atoms with Crippen molar-refractivity contribution >= 4 is 49.3 Å². The summed E-state index contributed by atoms with van der Waals surface area (Å²) in [5.74, 6) is -0.386. The summed E-state index contributed by atoms with van der Waals surface area (Å²) < 4.78 is 23.5. The van der Waals surface area contributed by atoms with Gasteiger partial charge in [-0.05, 0) is 30.3 Å². The number of anilines is 2. The fourth-order valence-corrected chi connectivity index (χ4v) is 3.75. The highest BCUT2D eigenvalue weighted by Crippen LogP contribution is 2.43. The van der Waals surface area contributed by atoms with Crippen LogP contribution in [0.25, 0.3) is 10.8 Å². The van der Waals surface area contributed by atoms with Crippen LogP contribution in [0.2, 0.25) is 0 Å². The SMILES string of the molecule is CCC(=O)Nc1cc(N=Nc2ccc(S(C)(=O)=O)cc2C#N)c2c(NC)cccc2c1O. The molecule has 0 radical (unpaired) electrons. The first kappa shape index (κ1) is 22.7. The second kappa shape index (κ2) is 9.03. The molecule has 10 heteroatoms. The molecule has 9 nitrogen and oxygen atoms in total. The number of carbonyl (C=O) groups is 1. The van der Waals surface area contributed by atoms with E-state index in [9.17, 15) is 23.6 Å². The molecule has 0 aromatic heterocycles. The maximum atomic E-state index is 11.9. The molecule has 3 rings (SSSR count). The molecule has 0 saturated carbocycles. The first-order valence-electron chi connectivity index (χ1n) is 9.61. The van der Waals surface area contributed by atoms with Crippen LogP contribution in [0.5, 0.6) is 5.75 Å². The topological polar surface area (TPSA) is 144 Å². The Hall–Kier alpha value is -3.97. The summed E-state index contributed by atoms with van der Waals surface area (Å²) >= 11 is 0. The summed E-state index contributed by atoms with van der Waals surface area (Å²) in [5, 5.41) is 35.2. The molecule has 1 amide bonds. The van der Waals surface area contributed by atoms with Crippen molar-refractivity contribution in [2.24, 2.45) is 10.2 Å². The monoisotopic (exact) mass is 451 g/mol. The van der Waals surface area contributed by atoms with Crippen LogP contribution >= 0.6 is 0 Å². The minimum Gasteiger partial charge on any atom is -0.505 e.